The van der Waals surface area contributed by atoms with Crippen molar-refractivity contribution in [3.63, 3.8) is 0 Å². The minimum Gasteiger partial charge on any atom is -0.494 e. The second kappa shape index (κ2) is 7.38. The lowest BCUT2D eigenvalue weighted by atomic mass is 10.1. The summed E-state index contributed by atoms with van der Waals surface area (Å²) in [6.45, 7) is 1.96. The maximum absolute atomic E-state index is 14.0. The van der Waals surface area contributed by atoms with E-state index in [0.29, 0.717) is 33.7 Å². The number of rotatable bonds is 5. The van der Waals surface area contributed by atoms with Crippen LogP contribution in [0.15, 0.2) is 51.6 Å². The van der Waals surface area contributed by atoms with Gasteiger partial charge in [-0.15, -0.1) is 0 Å². The standard InChI is InChI=1S/C21H18FN3O4/c1-12-19-14(10-16(18-5-4-8-28-18)23-20(19)29-24-12)21(26)25(2)11-13-6-7-17(27-3)15(22)9-13/h4-10H,11H2,1-3H3. The number of halogens is 1. The van der Waals surface area contributed by atoms with Gasteiger partial charge in [0.2, 0.25) is 0 Å². The van der Waals surface area contributed by atoms with E-state index >= 15 is 0 Å². The quantitative estimate of drug-likeness (QED) is 0.503. The Morgan fingerprint density at radius 3 is 2.79 bits per heavy atom. The van der Waals surface area contributed by atoms with Gasteiger partial charge in [0.05, 0.1) is 30.0 Å². The van der Waals surface area contributed by atoms with Gasteiger partial charge in [-0.25, -0.2) is 9.37 Å². The number of carbonyl (C=O) groups excluding carboxylic acids is 1. The Labute approximate surface area is 165 Å². The van der Waals surface area contributed by atoms with Crippen LogP contribution < -0.4 is 4.74 Å². The number of fused-ring (bicyclic) bond motifs is 1. The Morgan fingerprint density at radius 2 is 2.10 bits per heavy atom. The van der Waals surface area contributed by atoms with Crippen molar-refractivity contribution in [3.8, 4) is 17.2 Å². The number of hydrogen-bond acceptors (Lipinski definition) is 6. The molecule has 0 saturated carbocycles. The molecule has 29 heavy (non-hydrogen) atoms. The third kappa shape index (κ3) is 3.44. The van der Waals surface area contributed by atoms with Crippen LogP contribution in [0.5, 0.6) is 5.75 Å². The van der Waals surface area contributed by atoms with Crippen LogP contribution in [0.2, 0.25) is 0 Å². The van der Waals surface area contributed by atoms with Crippen LogP contribution in [0, 0.1) is 12.7 Å². The van der Waals surface area contributed by atoms with Gasteiger partial charge >= 0.3 is 0 Å². The van der Waals surface area contributed by atoms with E-state index in [1.54, 1.807) is 38.2 Å². The molecular weight excluding hydrogens is 377 g/mol. The van der Waals surface area contributed by atoms with Crippen molar-refractivity contribution < 1.29 is 22.9 Å². The highest BCUT2D eigenvalue weighted by Gasteiger charge is 2.22. The Balaban J connectivity index is 1.70. The molecule has 0 bridgehead atoms. The summed E-state index contributed by atoms with van der Waals surface area (Å²) >= 11 is 0. The first-order valence-corrected chi connectivity index (χ1v) is 8.86. The monoisotopic (exact) mass is 395 g/mol. The number of aromatic nitrogens is 2. The molecule has 8 heteroatoms. The highest BCUT2D eigenvalue weighted by molar-refractivity contribution is 6.06. The summed E-state index contributed by atoms with van der Waals surface area (Å²) in [5, 5.41) is 4.47. The van der Waals surface area contributed by atoms with Crippen LogP contribution in [-0.4, -0.2) is 35.1 Å². The smallest absolute Gasteiger partial charge is 0.259 e. The molecule has 0 N–H and O–H groups in total. The summed E-state index contributed by atoms with van der Waals surface area (Å²) in [5.41, 5.74) is 2.30. The molecule has 148 valence electrons. The summed E-state index contributed by atoms with van der Waals surface area (Å²) < 4.78 is 29.6. The lowest BCUT2D eigenvalue weighted by Gasteiger charge is -2.18. The topological polar surface area (TPSA) is 81.6 Å². The number of benzene rings is 1. The van der Waals surface area contributed by atoms with Gasteiger partial charge in [-0.2, -0.15) is 0 Å². The van der Waals surface area contributed by atoms with Gasteiger partial charge in [-0.05, 0) is 42.8 Å². The highest BCUT2D eigenvalue weighted by Crippen LogP contribution is 2.28. The number of hydrogen-bond donors (Lipinski definition) is 0. The van der Waals surface area contributed by atoms with Crippen molar-refractivity contribution >= 4 is 17.0 Å². The van der Waals surface area contributed by atoms with Gasteiger partial charge in [-0.3, -0.25) is 4.79 Å². The van der Waals surface area contributed by atoms with Crippen molar-refractivity contribution in [3.05, 3.63) is 65.3 Å². The van der Waals surface area contributed by atoms with Gasteiger partial charge < -0.3 is 18.6 Å². The molecule has 4 rings (SSSR count). The summed E-state index contributed by atoms with van der Waals surface area (Å²) in [4.78, 5) is 19.1. The predicted octanol–water partition coefficient (Wildman–Crippen LogP) is 4.21. The lowest BCUT2D eigenvalue weighted by Crippen LogP contribution is -2.26. The molecule has 7 nitrogen and oxygen atoms in total. The van der Waals surface area contributed by atoms with Crippen molar-refractivity contribution in [2.24, 2.45) is 0 Å². The molecule has 0 unspecified atom stereocenters. The largest absolute Gasteiger partial charge is 0.494 e. The highest BCUT2D eigenvalue weighted by atomic mass is 19.1. The van der Waals surface area contributed by atoms with Crippen LogP contribution >= 0.6 is 0 Å². The van der Waals surface area contributed by atoms with Gasteiger partial charge in [0.15, 0.2) is 17.3 Å². The van der Waals surface area contributed by atoms with Gasteiger partial charge in [-0.1, -0.05) is 11.2 Å². The summed E-state index contributed by atoms with van der Waals surface area (Å²) in [6.07, 6.45) is 1.53. The molecule has 0 aliphatic rings. The molecule has 3 aromatic heterocycles. The zero-order chi connectivity index (χ0) is 20.5. The summed E-state index contributed by atoms with van der Waals surface area (Å²) in [5.74, 6) is -0.0866. The molecule has 0 aliphatic carbocycles. The third-order valence-electron chi connectivity index (χ3n) is 4.60. The zero-order valence-corrected chi connectivity index (χ0v) is 16.1. The first-order valence-electron chi connectivity index (χ1n) is 8.86. The van der Waals surface area contributed by atoms with Crippen LogP contribution in [0.25, 0.3) is 22.6 Å². The number of nitrogens with zero attached hydrogens (tertiary/aromatic N) is 3. The molecule has 0 spiro atoms. The SMILES string of the molecule is COc1ccc(CN(C)C(=O)c2cc(-c3ccco3)nc3onc(C)c23)cc1F. The first kappa shape index (κ1) is 18.7. The van der Waals surface area contributed by atoms with Crippen LogP contribution in [0.1, 0.15) is 21.6 Å². The van der Waals surface area contributed by atoms with Crippen molar-refractivity contribution in [1.82, 2.24) is 15.0 Å². The molecule has 0 radical (unpaired) electrons. The minimum atomic E-state index is -0.480. The number of carbonyl (C=O) groups is 1. The summed E-state index contributed by atoms with van der Waals surface area (Å²) in [7, 11) is 3.05. The van der Waals surface area contributed by atoms with Crippen LogP contribution in [0.4, 0.5) is 4.39 Å². The van der Waals surface area contributed by atoms with Gasteiger partial charge in [0, 0.05) is 13.6 Å². The number of furan rings is 1. The number of aryl methyl sites for hydroxylation is 1. The first-order chi connectivity index (χ1) is 14.0. The number of pyridine rings is 1. The van der Waals surface area contributed by atoms with Crippen LogP contribution in [-0.2, 0) is 6.54 Å². The number of amides is 1. The second-order valence-corrected chi connectivity index (χ2v) is 6.61. The predicted molar refractivity (Wildman–Crippen MR) is 103 cm³/mol. The van der Waals surface area contributed by atoms with Crippen molar-refractivity contribution in [1.29, 1.82) is 0 Å². The van der Waals surface area contributed by atoms with Crippen molar-refractivity contribution in [2.75, 3.05) is 14.2 Å². The average molecular weight is 395 g/mol. The van der Waals surface area contributed by atoms with E-state index in [-0.39, 0.29) is 23.9 Å². The zero-order valence-electron chi connectivity index (χ0n) is 16.1. The molecule has 1 aromatic carbocycles. The second-order valence-electron chi connectivity index (χ2n) is 6.61. The molecule has 1 amide bonds. The Kier molecular flexibility index (Phi) is 4.75. The molecule has 3 heterocycles. The minimum absolute atomic E-state index is 0.154. The van der Waals surface area contributed by atoms with Gasteiger partial charge in [0.1, 0.15) is 5.69 Å². The molecular formula is C21H18FN3O4. The molecule has 4 aromatic rings. The fourth-order valence-corrected chi connectivity index (χ4v) is 3.17. The van der Waals surface area contributed by atoms with E-state index in [9.17, 15) is 9.18 Å². The maximum Gasteiger partial charge on any atom is 0.259 e. The Morgan fingerprint density at radius 1 is 1.28 bits per heavy atom. The van der Waals surface area contributed by atoms with E-state index in [2.05, 4.69) is 10.1 Å². The fourth-order valence-electron chi connectivity index (χ4n) is 3.17. The van der Waals surface area contributed by atoms with E-state index in [0.717, 1.165) is 0 Å². The van der Waals surface area contributed by atoms with E-state index in [1.165, 1.54) is 30.4 Å². The van der Waals surface area contributed by atoms with Crippen molar-refractivity contribution in [2.45, 2.75) is 13.5 Å². The molecule has 0 saturated heterocycles. The van der Waals surface area contributed by atoms with Gasteiger partial charge in [0.25, 0.3) is 11.6 Å². The number of methoxy groups -OCH3 is 1. The third-order valence-corrected chi connectivity index (χ3v) is 4.60. The van der Waals surface area contributed by atoms with Crippen LogP contribution in [0.3, 0.4) is 0 Å². The Hall–Kier alpha value is -3.68. The maximum atomic E-state index is 14.0. The lowest BCUT2D eigenvalue weighted by molar-refractivity contribution is 0.0786. The number of ether oxygens (including phenoxy) is 1. The molecule has 0 fully saturated rings. The summed E-state index contributed by atoms with van der Waals surface area (Å²) in [6, 6.07) is 9.73. The van der Waals surface area contributed by atoms with E-state index < -0.39 is 5.82 Å². The molecule has 0 atom stereocenters. The van der Waals surface area contributed by atoms with E-state index in [4.69, 9.17) is 13.7 Å². The normalized spacial score (nSPS) is 11.0. The average Bonchev–Trinajstić information content (AvgIpc) is 3.37. The molecule has 0 aliphatic heterocycles. The fraction of sp³-hybridized carbons (Fsp3) is 0.190. The Bertz CT molecular complexity index is 1180. The van der Waals surface area contributed by atoms with E-state index in [1.807, 2.05) is 0 Å².